The van der Waals surface area contributed by atoms with Crippen LogP contribution in [-0.4, -0.2) is 36.8 Å². The lowest BCUT2D eigenvalue weighted by molar-refractivity contribution is 0.0787. The number of nitrogens with zero attached hydrogens (tertiary/aromatic N) is 1. The van der Waals surface area contributed by atoms with Gasteiger partial charge in [0.15, 0.2) is 0 Å². The number of rotatable bonds is 2. The molecule has 0 amide bonds. The van der Waals surface area contributed by atoms with E-state index in [0.29, 0.717) is 0 Å². The minimum atomic E-state index is -2.97. The first-order valence-electron chi connectivity index (χ1n) is 4.85. The Kier molecular flexibility index (Phi) is 1.55. The molecular weight excluding hydrogens is 190 g/mol. The summed E-state index contributed by atoms with van der Waals surface area (Å²) in [6, 6.07) is 0.180. The van der Waals surface area contributed by atoms with Gasteiger partial charge in [-0.15, -0.1) is 0 Å². The zero-order valence-electron chi connectivity index (χ0n) is 7.35. The molecule has 5 heteroatoms. The average molecular weight is 203 g/mol. The monoisotopic (exact) mass is 203 g/mol. The molecule has 1 saturated carbocycles. The molecule has 3 aliphatic rings. The Bertz CT molecular complexity index is 310. The second kappa shape index (κ2) is 2.46. The van der Waals surface area contributed by atoms with Gasteiger partial charge < -0.3 is 4.74 Å². The van der Waals surface area contributed by atoms with Crippen molar-refractivity contribution in [2.24, 2.45) is 0 Å². The molecule has 3 atom stereocenters. The van der Waals surface area contributed by atoms with Gasteiger partial charge in [-0.05, 0) is 25.7 Å². The molecule has 1 aliphatic carbocycles. The number of fused-ring (bicyclic) bond motifs is 1. The summed E-state index contributed by atoms with van der Waals surface area (Å²) in [4.78, 5) is 0. The van der Waals surface area contributed by atoms with E-state index in [9.17, 15) is 8.42 Å². The van der Waals surface area contributed by atoms with E-state index in [1.54, 1.807) is 4.31 Å². The third-order valence-electron chi connectivity index (χ3n) is 2.99. The van der Waals surface area contributed by atoms with E-state index >= 15 is 0 Å². The highest BCUT2D eigenvalue weighted by atomic mass is 32.2. The van der Waals surface area contributed by atoms with Gasteiger partial charge in [0.2, 0.25) is 10.0 Å². The maximum Gasteiger partial charge on any atom is 0.219 e. The van der Waals surface area contributed by atoms with Crippen molar-refractivity contribution in [3.05, 3.63) is 0 Å². The molecule has 3 rings (SSSR count). The fourth-order valence-electron chi connectivity index (χ4n) is 2.06. The van der Waals surface area contributed by atoms with E-state index in [0.717, 1.165) is 32.3 Å². The molecule has 13 heavy (non-hydrogen) atoms. The molecule has 74 valence electrons. The zero-order valence-corrected chi connectivity index (χ0v) is 8.16. The van der Waals surface area contributed by atoms with Crippen LogP contribution in [0.3, 0.4) is 0 Å². The number of hydrogen-bond donors (Lipinski definition) is 0. The normalized spacial score (nSPS) is 44.2. The van der Waals surface area contributed by atoms with Crippen LogP contribution < -0.4 is 0 Å². The fourth-order valence-corrected chi connectivity index (χ4v) is 4.16. The Hall–Kier alpha value is -0.130. The molecule has 3 fully saturated rings. The number of sulfonamides is 1. The largest absolute Gasteiger partial charge is 0.360 e. The molecule has 2 heterocycles. The van der Waals surface area contributed by atoms with Gasteiger partial charge in [-0.25, -0.2) is 8.42 Å². The van der Waals surface area contributed by atoms with Gasteiger partial charge in [-0.1, -0.05) is 0 Å². The Balaban J connectivity index is 1.80. The molecule has 0 aromatic carbocycles. The molecule has 4 nitrogen and oxygen atoms in total. The SMILES string of the molecule is O=S(=O)(C1CC1)N1[C@@H]2CCCO[C@H]21. The third kappa shape index (κ3) is 1.14. The van der Waals surface area contributed by atoms with E-state index in [1.807, 2.05) is 0 Å². The van der Waals surface area contributed by atoms with Crippen LogP contribution in [-0.2, 0) is 14.8 Å². The molecule has 0 bridgehead atoms. The second-order valence-electron chi connectivity index (χ2n) is 4.05. The molecule has 0 radical (unpaired) electrons. The molecular formula is C8H13NO3S. The predicted octanol–water partition coefficient (Wildman–Crippen LogP) is 0.299. The van der Waals surface area contributed by atoms with Crippen LogP contribution in [0.5, 0.6) is 0 Å². The summed E-state index contributed by atoms with van der Waals surface area (Å²) >= 11 is 0. The van der Waals surface area contributed by atoms with Crippen molar-refractivity contribution in [1.82, 2.24) is 4.31 Å². The zero-order chi connectivity index (χ0) is 9.05. The van der Waals surface area contributed by atoms with Crippen molar-refractivity contribution >= 4 is 10.0 Å². The first-order valence-corrected chi connectivity index (χ1v) is 6.35. The summed E-state index contributed by atoms with van der Waals surface area (Å²) in [6.45, 7) is 0.720. The topological polar surface area (TPSA) is 46.4 Å². The van der Waals surface area contributed by atoms with Gasteiger partial charge in [-0.2, -0.15) is 4.31 Å². The van der Waals surface area contributed by atoms with Crippen molar-refractivity contribution in [2.75, 3.05) is 6.61 Å². The fraction of sp³-hybridized carbons (Fsp3) is 1.00. The summed E-state index contributed by atoms with van der Waals surface area (Å²) < 4.78 is 30.5. The van der Waals surface area contributed by atoms with E-state index < -0.39 is 10.0 Å². The second-order valence-corrected chi connectivity index (χ2v) is 6.16. The smallest absolute Gasteiger partial charge is 0.219 e. The van der Waals surface area contributed by atoms with Crippen LogP contribution in [0.4, 0.5) is 0 Å². The summed E-state index contributed by atoms with van der Waals surface area (Å²) in [5, 5.41) is -0.0818. The quantitative estimate of drug-likeness (QED) is 0.606. The highest BCUT2D eigenvalue weighted by Crippen LogP contribution is 2.44. The highest BCUT2D eigenvalue weighted by Gasteiger charge is 2.60. The maximum atomic E-state index is 11.8. The van der Waals surface area contributed by atoms with Crippen molar-refractivity contribution in [3.8, 4) is 0 Å². The van der Waals surface area contributed by atoms with Crippen LogP contribution in [0.1, 0.15) is 25.7 Å². The number of hydrogen-bond acceptors (Lipinski definition) is 3. The predicted molar refractivity (Wildman–Crippen MR) is 46.5 cm³/mol. The van der Waals surface area contributed by atoms with E-state index in [2.05, 4.69) is 0 Å². The summed E-state index contributed by atoms with van der Waals surface area (Å²) in [5.41, 5.74) is 0. The van der Waals surface area contributed by atoms with E-state index in [4.69, 9.17) is 4.74 Å². The van der Waals surface area contributed by atoms with Gasteiger partial charge in [0.05, 0.1) is 11.3 Å². The van der Waals surface area contributed by atoms with Gasteiger partial charge in [-0.3, -0.25) is 0 Å². The Morgan fingerprint density at radius 2 is 2.00 bits per heavy atom. The standard InChI is InChI=1S/C8H13NO3S/c10-13(11,6-3-4-6)9-7-2-1-5-12-8(7)9/h6-8H,1-5H2/t7-,8-,9?/m1/s1. The van der Waals surface area contributed by atoms with Gasteiger partial charge in [0.25, 0.3) is 0 Å². The van der Waals surface area contributed by atoms with Gasteiger partial charge in [0, 0.05) is 6.61 Å². The molecule has 2 aliphatic heterocycles. The summed E-state index contributed by atoms with van der Waals surface area (Å²) in [7, 11) is -2.97. The van der Waals surface area contributed by atoms with Gasteiger partial charge in [0.1, 0.15) is 6.23 Å². The van der Waals surface area contributed by atoms with Crippen molar-refractivity contribution in [2.45, 2.75) is 43.2 Å². The molecule has 0 spiro atoms. The lowest BCUT2D eigenvalue weighted by Crippen LogP contribution is -2.20. The van der Waals surface area contributed by atoms with Crippen molar-refractivity contribution in [1.29, 1.82) is 0 Å². The minimum Gasteiger partial charge on any atom is -0.360 e. The van der Waals surface area contributed by atoms with Gasteiger partial charge >= 0.3 is 0 Å². The van der Waals surface area contributed by atoms with Crippen molar-refractivity contribution in [3.63, 3.8) is 0 Å². The van der Waals surface area contributed by atoms with E-state index in [-0.39, 0.29) is 17.5 Å². The Morgan fingerprint density at radius 3 is 2.54 bits per heavy atom. The third-order valence-corrected chi connectivity index (χ3v) is 5.37. The van der Waals surface area contributed by atoms with Crippen LogP contribution in [0.15, 0.2) is 0 Å². The van der Waals surface area contributed by atoms with Crippen LogP contribution in [0.25, 0.3) is 0 Å². The van der Waals surface area contributed by atoms with Crippen LogP contribution in [0, 0.1) is 0 Å². The van der Waals surface area contributed by atoms with Crippen molar-refractivity contribution < 1.29 is 13.2 Å². The minimum absolute atomic E-state index is 0.0818. The number of ether oxygens (including phenoxy) is 1. The van der Waals surface area contributed by atoms with Crippen LogP contribution in [0.2, 0.25) is 0 Å². The molecule has 0 aromatic heterocycles. The molecule has 0 aromatic rings. The maximum absolute atomic E-state index is 11.8. The highest BCUT2D eigenvalue weighted by molar-refractivity contribution is 7.90. The Morgan fingerprint density at radius 1 is 1.23 bits per heavy atom. The Labute approximate surface area is 77.9 Å². The first kappa shape index (κ1) is 8.20. The molecule has 2 saturated heterocycles. The lowest BCUT2D eigenvalue weighted by atomic mass is 10.2. The first-order chi connectivity index (χ1) is 6.21. The average Bonchev–Trinajstić information content (AvgIpc) is 2.99. The molecule has 1 unspecified atom stereocenters. The van der Waals surface area contributed by atoms with Crippen LogP contribution >= 0.6 is 0 Å². The summed E-state index contributed by atoms with van der Waals surface area (Å²) in [5.74, 6) is 0. The lowest BCUT2D eigenvalue weighted by Gasteiger charge is -2.04. The van der Waals surface area contributed by atoms with E-state index in [1.165, 1.54) is 0 Å². The molecule has 0 N–H and O–H groups in total. The summed E-state index contributed by atoms with van der Waals surface area (Å²) in [6.07, 6.45) is 3.57.